The van der Waals surface area contributed by atoms with Crippen molar-refractivity contribution >= 4 is 34.6 Å². The summed E-state index contributed by atoms with van der Waals surface area (Å²) in [4.78, 5) is 0. The molecule has 1 saturated heterocycles. The minimum absolute atomic E-state index is 0.0861. The molecule has 140 valence electrons. The lowest BCUT2D eigenvalue weighted by atomic mass is 10.2. The van der Waals surface area contributed by atoms with Gasteiger partial charge in [-0.05, 0) is 15.4 Å². The van der Waals surface area contributed by atoms with Crippen LogP contribution in [-0.2, 0) is 9.16 Å². The van der Waals surface area contributed by atoms with Crippen LogP contribution in [0.1, 0.15) is 27.2 Å². The number of benzene rings is 2. The number of alkyl halides is 2. The third kappa shape index (κ3) is 3.81. The highest BCUT2D eigenvalue weighted by molar-refractivity contribution is 9.09. The summed E-state index contributed by atoms with van der Waals surface area (Å²) < 4.78 is 26.3. The molecule has 1 aliphatic heterocycles. The van der Waals surface area contributed by atoms with Crippen molar-refractivity contribution < 1.29 is 13.6 Å². The molecule has 0 amide bonds. The zero-order valence-corrected chi connectivity index (χ0v) is 18.1. The Morgan fingerprint density at radius 2 is 1.54 bits per heavy atom. The van der Waals surface area contributed by atoms with Crippen LogP contribution in [0, 0.1) is 0 Å². The van der Waals surface area contributed by atoms with E-state index in [-0.39, 0.29) is 11.1 Å². The summed E-state index contributed by atoms with van der Waals surface area (Å²) >= 11 is 3.25. The van der Waals surface area contributed by atoms with E-state index in [0.717, 1.165) is 0 Å². The fourth-order valence-corrected chi connectivity index (χ4v) is 8.88. The van der Waals surface area contributed by atoms with Gasteiger partial charge in [-0.25, -0.2) is 4.39 Å². The monoisotopic (exact) mass is 436 g/mol. The van der Waals surface area contributed by atoms with Crippen LogP contribution in [0.4, 0.5) is 4.39 Å². The Balaban J connectivity index is 2.00. The van der Waals surface area contributed by atoms with Gasteiger partial charge in [0.25, 0.3) is 8.32 Å². The maximum Gasteiger partial charge on any atom is 0.261 e. The lowest BCUT2D eigenvalue weighted by Crippen LogP contribution is -2.67. The largest absolute Gasteiger partial charge is 0.405 e. The van der Waals surface area contributed by atoms with Gasteiger partial charge >= 0.3 is 0 Å². The molecule has 1 heterocycles. The molecule has 2 aromatic carbocycles. The Kier molecular flexibility index (Phi) is 6.02. The average molecular weight is 437 g/mol. The van der Waals surface area contributed by atoms with Crippen molar-refractivity contribution in [1.82, 2.24) is 0 Å². The van der Waals surface area contributed by atoms with Crippen molar-refractivity contribution in [3.63, 3.8) is 0 Å². The molecule has 26 heavy (non-hydrogen) atoms. The standard InChI is InChI=1S/C21H26BrFO2Si/c1-21(2,3)26(17-10-6-4-7-11-17,18-12-8-5-9-13-18)24-15-16-14-19(23)20(22)25-16/h4-13,16,19-20H,14-15H2,1-3H3/t16-,19-,20-/m0/s1. The summed E-state index contributed by atoms with van der Waals surface area (Å²) in [6.07, 6.45) is -0.840. The molecule has 3 atom stereocenters. The molecular weight excluding hydrogens is 411 g/mol. The molecule has 0 unspecified atom stereocenters. The van der Waals surface area contributed by atoms with Crippen molar-refractivity contribution in [3.8, 4) is 0 Å². The van der Waals surface area contributed by atoms with E-state index in [1.807, 2.05) is 12.1 Å². The van der Waals surface area contributed by atoms with Crippen LogP contribution in [0.15, 0.2) is 60.7 Å². The van der Waals surface area contributed by atoms with Crippen molar-refractivity contribution in [2.45, 2.75) is 49.5 Å². The molecule has 0 bridgehead atoms. The SMILES string of the molecule is CC(C)(C)[Si](OC[C@@H]1C[C@H](F)[C@@H](Br)O1)(c1ccccc1)c1ccccc1. The zero-order valence-electron chi connectivity index (χ0n) is 15.5. The Morgan fingerprint density at radius 1 is 1.04 bits per heavy atom. The lowest BCUT2D eigenvalue weighted by molar-refractivity contribution is 0.0489. The van der Waals surface area contributed by atoms with Crippen molar-refractivity contribution in [2.24, 2.45) is 0 Å². The van der Waals surface area contributed by atoms with Crippen LogP contribution in [0.5, 0.6) is 0 Å². The summed E-state index contributed by atoms with van der Waals surface area (Å²) in [7, 11) is -2.58. The average Bonchev–Trinajstić information content (AvgIpc) is 2.94. The highest BCUT2D eigenvalue weighted by Gasteiger charge is 2.50. The minimum Gasteiger partial charge on any atom is -0.405 e. The van der Waals surface area contributed by atoms with E-state index in [4.69, 9.17) is 9.16 Å². The Bertz CT molecular complexity index is 655. The number of halogens is 2. The second-order valence-corrected chi connectivity index (χ2v) is 13.0. The first-order valence-corrected chi connectivity index (χ1v) is 11.9. The van der Waals surface area contributed by atoms with Gasteiger partial charge in [-0.15, -0.1) is 0 Å². The van der Waals surface area contributed by atoms with E-state index in [9.17, 15) is 4.39 Å². The highest BCUT2D eigenvalue weighted by Crippen LogP contribution is 2.37. The molecule has 2 aromatic rings. The Morgan fingerprint density at radius 3 is 1.92 bits per heavy atom. The number of hydrogen-bond acceptors (Lipinski definition) is 2. The third-order valence-electron chi connectivity index (χ3n) is 5.00. The predicted molar refractivity (Wildman–Crippen MR) is 111 cm³/mol. The Hall–Kier alpha value is -1.01. The molecule has 3 rings (SSSR count). The van der Waals surface area contributed by atoms with Crippen LogP contribution >= 0.6 is 15.9 Å². The molecule has 0 aliphatic carbocycles. The number of ether oxygens (including phenoxy) is 1. The summed E-state index contributed by atoms with van der Waals surface area (Å²) in [6, 6.07) is 20.9. The second-order valence-electron chi connectivity index (χ2n) is 7.84. The van der Waals surface area contributed by atoms with Gasteiger partial charge in [-0.3, -0.25) is 0 Å². The summed E-state index contributed by atoms with van der Waals surface area (Å²) in [5.41, 5.74) is 0. The molecule has 1 aliphatic rings. The smallest absolute Gasteiger partial charge is 0.261 e. The van der Waals surface area contributed by atoms with Gasteiger partial charge in [-0.1, -0.05) is 97.4 Å². The van der Waals surface area contributed by atoms with Gasteiger partial charge in [0.15, 0.2) is 0 Å². The van der Waals surface area contributed by atoms with E-state index >= 15 is 0 Å². The molecule has 5 heteroatoms. The van der Waals surface area contributed by atoms with Crippen molar-refractivity contribution in [2.75, 3.05) is 6.61 Å². The topological polar surface area (TPSA) is 18.5 Å². The third-order valence-corrected chi connectivity index (χ3v) is 10.8. The molecule has 2 nitrogen and oxygen atoms in total. The highest BCUT2D eigenvalue weighted by atomic mass is 79.9. The van der Waals surface area contributed by atoms with Gasteiger partial charge in [0.05, 0.1) is 12.7 Å². The molecule has 0 radical (unpaired) electrons. The molecule has 0 spiro atoms. The first-order valence-electron chi connectivity index (χ1n) is 9.03. The lowest BCUT2D eigenvalue weighted by Gasteiger charge is -2.43. The van der Waals surface area contributed by atoms with E-state index in [1.165, 1.54) is 10.4 Å². The summed E-state index contributed by atoms with van der Waals surface area (Å²) in [5, 5.41) is 1.83. The fraction of sp³-hybridized carbons (Fsp3) is 0.429. The zero-order chi connectivity index (χ0) is 18.8. The van der Waals surface area contributed by atoms with Crippen LogP contribution in [-0.4, -0.2) is 32.2 Å². The summed E-state index contributed by atoms with van der Waals surface area (Å²) in [5.74, 6) is 0. The number of rotatable bonds is 5. The van der Waals surface area contributed by atoms with E-state index < -0.39 is 19.5 Å². The molecule has 1 fully saturated rings. The van der Waals surface area contributed by atoms with E-state index in [0.29, 0.717) is 13.0 Å². The summed E-state index contributed by atoms with van der Waals surface area (Å²) in [6.45, 7) is 7.11. The quantitative estimate of drug-likeness (QED) is 0.510. The van der Waals surface area contributed by atoms with Crippen LogP contribution in [0.3, 0.4) is 0 Å². The molecule has 0 aromatic heterocycles. The maximum absolute atomic E-state index is 13.9. The van der Waals surface area contributed by atoms with Crippen LogP contribution < -0.4 is 10.4 Å². The molecule has 0 saturated carbocycles. The second kappa shape index (κ2) is 7.93. The van der Waals surface area contributed by atoms with E-state index in [2.05, 4.69) is 85.2 Å². The molecule has 0 N–H and O–H groups in total. The Labute approximate surface area is 165 Å². The molecular formula is C21H26BrFO2Si. The van der Waals surface area contributed by atoms with E-state index in [1.54, 1.807) is 0 Å². The normalized spacial score (nSPS) is 24.0. The van der Waals surface area contributed by atoms with Gasteiger partial charge in [0.2, 0.25) is 0 Å². The van der Waals surface area contributed by atoms with Crippen LogP contribution in [0.2, 0.25) is 5.04 Å². The maximum atomic E-state index is 13.9. The fourth-order valence-electron chi connectivity index (χ4n) is 3.77. The van der Waals surface area contributed by atoms with Gasteiger partial charge < -0.3 is 9.16 Å². The van der Waals surface area contributed by atoms with Crippen LogP contribution in [0.25, 0.3) is 0 Å². The van der Waals surface area contributed by atoms with Gasteiger partial charge in [-0.2, -0.15) is 0 Å². The first-order chi connectivity index (χ1) is 12.3. The predicted octanol–water partition coefficient (Wildman–Crippen LogP) is 4.41. The van der Waals surface area contributed by atoms with Gasteiger partial charge in [0.1, 0.15) is 11.2 Å². The van der Waals surface area contributed by atoms with Gasteiger partial charge in [0, 0.05) is 6.42 Å². The minimum atomic E-state index is -2.58. The first kappa shape index (κ1) is 19.7. The number of hydrogen-bond donors (Lipinski definition) is 0. The van der Waals surface area contributed by atoms with Crippen molar-refractivity contribution in [1.29, 1.82) is 0 Å². The van der Waals surface area contributed by atoms with Crippen molar-refractivity contribution in [3.05, 3.63) is 60.7 Å².